The van der Waals surface area contributed by atoms with Crippen molar-refractivity contribution in [2.45, 2.75) is 17.7 Å². The number of phenols is 1. The molecule has 124 valence electrons. The van der Waals surface area contributed by atoms with Crippen molar-refractivity contribution in [3.63, 3.8) is 0 Å². The Bertz CT molecular complexity index is 897. The van der Waals surface area contributed by atoms with Crippen LogP contribution in [0.25, 0.3) is 5.65 Å². The van der Waals surface area contributed by atoms with Crippen molar-refractivity contribution in [2.75, 3.05) is 6.61 Å². The van der Waals surface area contributed by atoms with Crippen LogP contribution in [0.5, 0.6) is 5.75 Å². The Balaban J connectivity index is 1.83. The van der Waals surface area contributed by atoms with Gasteiger partial charge in [-0.3, -0.25) is 0 Å². The maximum Gasteiger partial charge on any atom is 0.343 e. The molecule has 3 aromatic rings. The Morgan fingerprint density at radius 3 is 3.04 bits per heavy atom. The number of halogens is 1. The van der Waals surface area contributed by atoms with Crippen LogP contribution in [0.1, 0.15) is 22.8 Å². The van der Waals surface area contributed by atoms with Crippen molar-refractivity contribution in [1.29, 1.82) is 0 Å². The first kappa shape index (κ1) is 16.3. The Morgan fingerprint density at radius 2 is 2.25 bits per heavy atom. The highest BCUT2D eigenvalue weighted by Gasteiger charge is 2.15. The summed E-state index contributed by atoms with van der Waals surface area (Å²) in [5.41, 5.74) is 1.15. The van der Waals surface area contributed by atoms with Gasteiger partial charge in [0.05, 0.1) is 12.8 Å². The average molecular weight is 347 g/mol. The highest BCUT2D eigenvalue weighted by atomic mass is 32.2. The number of carbonyl (C=O) groups excluding carboxylic acids is 1. The van der Waals surface area contributed by atoms with Crippen LogP contribution in [0.4, 0.5) is 4.39 Å². The predicted octanol–water partition coefficient (Wildman–Crippen LogP) is 3.04. The van der Waals surface area contributed by atoms with E-state index < -0.39 is 11.8 Å². The van der Waals surface area contributed by atoms with Crippen LogP contribution in [0.3, 0.4) is 0 Å². The van der Waals surface area contributed by atoms with Gasteiger partial charge in [0.1, 0.15) is 22.2 Å². The van der Waals surface area contributed by atoms with Gasteiger partial charge < -0.3 is 9.84 Å². The fourth-order valence-electron chi connectivity index (χ4n) is 2.11. The molecule has 0 aliphatic rings. The number of hydrogen-bond donors (Lipinski definition) is 1. The predicted molar refractivity (Wildman–Crippen MR) is 86.6 cm³/mol. The van der Waals surface area contributed by atoms with Gasteiger partial charge in [-0.2, -0.15) is 5.10 Å². The first-order valence-corrected chi connectivity index (χ1v) is 8.18. The van der Waals surface area contributed by atoms with Crippen LogP contribution in [0.15, 0.2) is 41.7 Å². The van der Waals surface area contributed by atoms with Crippen LogP contribution < -0.4 is 0 Å². The molecule has 0 amide bonds. The molecule has 0 aliphatic heterocycles. The molecular formula is C16H14FN3O3S. The van der Waals surface area contributed by atoms with Crippen molar-refractivity contribution < 1.29 is 19.0 Å². The number of phenolic OH excluding ortho intramolecular Hbond substituents is 1. The van der Waals surface area contributed by atoms with Crippen LogP contribution >= 0.6 is 11.8 Å². The largest absolute Gasteiger partial charge is 0.508 e. The van der Waals surface area contributed by atoms with Crippen molar-refractivity contribution in [3.05, 3.63) is 53.6 Å². The molecule has 6 nitrogen and oxygen atoms in total. The van der Waals surface area contributed by atoms with Crippen LogP contribution in [-0.4, -0.2) is 32.3 Å². The molecule has 0 atom stereocenters. The van der Waals surface area contributed by atoms with E-state index in [2.05, 4.69) is 10.1 Å². The number of esters is 1. The van der Waals surface area contributed by atoms with E-state index in [1.165, 1.54) is 40.7 Å². The Kier molecular flexibility index (Phi) is 4.66. The summed E-state index contributed by atoms with van der Waals surface area (Å²) >= 11 is 1.32. The number of rotatable bonds is 5. The maximum absolute atomic E-state index is 13.3. The van der Waals surface area contributed by atoms with E-state index in [1.54, 1.807) is 19.2 Å². The number of benzene rings is 1. The molecule has 0 unspecified atom stereocenters. The van der Waals surface area contributed by atoms with Gasteiger partial charge in [0.25, 0.3) is 0 Å². The van der Waals surface area contributed by atoms with E-state index in [4.69, 9.17) is 4.74 Å². The van der Waals surface area contributed by atoms with E-state index in [-0.39, 0.29) is 17.9 Å². The number of aromatic nitrogens is 3. The Labute approximate surface area is 141 Å². The zero-order valence-electron chi connectivity index (χ0n) is 12.8. The summed E-state index contributed by atoms with van der Waals surface area (Å²) in [4.78, 5) is 16.3. The topological polar surface area (TPSA) is 76.7 Å². The van der Waals surface area contributed by atoms with Gasteiger partial charge in [-0.1, -0.05) is 0 Å². The lowest BCUT2D eigenvalue weighted by Gasteiger charge is -2.05. The average Bonchev–Trinajstić information content (AvgIpc) is 2.99. The smallest absolute Gasteiger partial charge is 0.343 e. The Morgan fingerprint density at radius 1 is 1.42 bits per heavy atom. The molecule has 2 aromatic heterocycles. The van der Waals surface area contributed by atoms with Crippen molar-refractivity contribution in [2.24, 2.45) is 0 Å². The summed E-state index contributed by atoms with van der Waals surface area (Å²) in [6.07, 6.45) is 3.09. The molecule has 0 spiro atoms. The second-order valence-corrected chi connectivity index (χ2v) is 5.87. The molecule has 0 bridgehead atoms. The molecular weight excluding hydrogens is 333 g/mol. The van der Waals surface area contributed by atoms with Gasteiger partial charge in [0.2, 0.25) is 0 Å². The third kappa shape index (κ3) is 3.33. The summed E-state index contributed by atoms with van der Waals surface area (Å²) in [6, 6.07) is 5.53. The lowest BCUT2D eigenvalue weighted by Crippen LogP contribution is -2.05. The van der Waals surface area contributed by atoms with E-state index in [9.17, 15) is 14.3 Å². The fraction of sp³-hybridized carbons (Fsp3) is 0.188. The molecule has 1 N–H and O–H groups in total. The third-order valence-electron chi connectivity index (χ3n) is 3.26. The summed E-state index contributed by atoms with van der Waals surface area (Å²) < 4.78 is 19.7. The molecule has 1 aromatic carbocycles. The van der Waals surface area contributed by atoms with Gasteiger partial charge in [0.15, 0.2) is 5.65 Å². The fourth-order valence-corrected chi connectivity index (χ4v) is 2.95. The second kappa shape index (κ2) is 6.88. The van der Waals surface area contributed by atoms with Gasteiger partial charge in [-0.15, -0.1) is 11.8 Å². The Hall–Kier alpha value is -2.61. The molecule has 3 rings (SSSR count). The second-order valence-electron chi connectivity index (χ2n) is 4.87. The maximum atomic E-state index is 13.3. The summed E-state index contributed by atoms with van der Waals surface area (Å²) in [7, 11) is 0. The number of nitrogens with zero attached hydrogens (tertiary/aromatic N) is 3. The summed E-state index contributed by atoms with van der Waals surface area (Å²) in [6.45, 7) is 1.99. The zero-order chi connectivity index (χ0) is 17.1. The first-order valence-electron chi connectivity index (χ1n) is 7.20. The lowest BCUT2D eigenvalue weighted by atomic mass is 10.2. The third-order valence-corrected chi connectivity index (χ3v) is 4.23. The van der Waals surface area contributed by atoms with Gasteiger partial charge in [-0.25, -0.2) is 18.7 Å². The molecule has 2 heterocycles. The molecule has 0 radical (unpaired) electrons. The summed E-state index contributed by atoms with van der Waals surface area (Å²) in [5.74, 6) is -0.519. The zero-order valence-corrected chi connectivity index (χ0v) is 13.6. The number of thioether (sulfide) groups is 1. The minimum absolute atomic E-state index is 0.0292. The lowest BCUT2D eigenvalue weighted by molar-refractivity contribution is 0.0528. The number of carbonyl (C=O) groups is 1. The highest BCUT2D eigenvalue weighted by Crippen LogP contribution is 2.27. The van der Waals surface area contributed by atoms with E-state index in [0.717, 1.165) is 0 Å². The molecule has 8 heteroatoms. The molecule has 0 aliphatic carbocycles. The molecule has 0 saturated heterocycles. The number of aromatic hydroxyl groups is 1. The first-order chi connectivity index (χ1) is 11.6. The van der Waals surface area contributed by atoms with Gasteiger partial charge >= 0.3 is 5.97 Å². The SMILES string of the molecule is CCOC(=O)c1cnn2ccc(SCc3cc(F)ccc3O)nc12. The summed E-state index contributed by atoms with van der Waals surface area (Å²) in [5, 5.41) is 14.4. The quantitative estimate of drug-likeness (QED) is 0.434. The van der Waals surface area contributed by atoms with Crippen LogP contribution in [-0.2, 0) is 10.5 Å². The van der Waals surface area contributed by atoms with Gasteiger partial charge in [0, 0.05) is 17.5 Å². The van der Waals surface area contributed by atoms with Crippen molar-refractivity contribution >= 4 is 23.4 Å². The minimum atomic E-state index is -0.482. The van der Waals surface area contributed by atoms with E-state index >= 15 is 0 Å². The number of fused-ring (bicyclic) bond motifs is 1. The molecule has 0 saturated carbocycles. The number of ether oxygens (including phenoxy) is 1. The standard InChI is InChI=1S/C16H14FN3O3S/c1-2-23-16(22)12-8-18-20-6-5-14(19-15(12)20)24-9-10-7-11(17)3-4-13(10)21/h3-8,21H,2,9H2,1H3. The van der Waals surface area contributed by atoms with E-state index in [0.29, 0.717) is 22.0 Å². The van der Waals surface area contributed by atoms with Gasteiger partial charge in [-0.05, 0) is 31.2 Å². The monoisotopic (exact) mass is 347 g/mol. The van der Waals surface area contributed by atoms with E-state index in [1.807, 2.05) is 0 Å². The van der Waals surface area contributed by atoms with Crippen molar-refractivity contribution in [1.82, 2.24) is 14.6 Å². The highest BCUT2D eigenvalue weighted by molar-refractivity contribution is 7.98. The van der Waals surface area contributed by atoms with Crippen LogP contribution in [0, 0.1) is 5.82 Å². The number of hydrogen-bond acceptors (Lipinski definition) is 6. The van der Waals surface area contributed by atoms with Crippen LogP contribution in [0.2, 0.25) is 0 Å². The van der Waals surface area contributed by atoms with Crippen molar-refractivity contribution in [3.8, 4) is 5.75 Å². The normalized spacial score (nSPS) is 10.9. The molecule has 0 fully saturated rings. The minimum Gasteiger partial charge on any atom is -0.508 e. The molecule has 24 heavy (non-hydrogen) atoms.